The molecule has 3 aliphatic rings. The second kappa shape index (κ2) is 4.28. The minimum atomic E-state index is 0.0620. The Morgan fingerprint density at radius 2 is 2.31 bits per heavy atom. The number of ether oxygens (including phenoxy) is 2. The van der Waals surface area contributed by atoms with Crippen molar-refractivity contribution in [3.05, 3.63) is 0 Å². The van der Waals surface area contributed by atoms with E-state index in [0.29, 0.717) is 6.04 Å². The van der Waals surface area contributed by atoms with Crippen LogP contribution in [-0.2, 0) is 9.47 Å². The molecule has 92 valence electrons. The fourth-order valence-electron chi connectivity index (χ4n) is 3.24. The predicted molar refractivity (Wildman–Crippen MR) is 62.5 cm³/mol. The monoisotopic (exact) mass is 225 g/mol. The Morgan fingerprint density at radius 1 is 1.38 bits per heavy atom. The molecule has 3 heteroatoms. The van der Waals surface area contributed by atoms with Gasteiger partial charge in [0.25, 0.3) is 0 Å². The quantitative estimate of drug-likeness (QED) is 0.793. The standard InChI is InChI=1S/C13H23NO2/c1-2-10-7-12(10)14-11-3-5-16-13(8-11)4-6-15-9-13/h10-12,14H,2-9H2,1H3. The normalized spacial score (nSPS) is 47.4. The lowest BCUT2D eigenvalue weighted by molar-refractivity contribution is -0.0895. The van der Waals surface area contributed by atoms with Gasteiger partial charge in [0.15, 0.2) is 0 Å². The van der Waals surface area contributed by atoms with Gasteiger partial charge in [-0.15, -0.1) is 0 Å². The molecular formula is C13H23NO2. The molecule has 0 aromatic rings. The molecule has 3 nitrogen and oxygen atoms in total. The SMILES string of the molecule is CCC1CC1NC1CCOC2(CCOC2)C1. The Bertz CT molecular complexity index is 250. The van der Waals surface area contributed by atoms with E-state index < -0.39 is 0 Å². The molecule has 2 aliphatic heterocycles. The molecule has 0 aromatic heterocycles. The van der Waals surface area contributed by atoms with E-state index in [1.807, 2.05) is 0 Å². The average Bonchev–Trinajstić information content (AvgIpc) is 2.90. The van der Waals surface area contributed by atoms with Crippen LogP contribution in [0.3, 0.4) is 0 Å². The molecule has 4 unspecified atom stereocenters. The molecule has 1 aliphatic carbocycles. The largest absolute Gasteiger partial charge is 0.378 e. The van der Waals surface area contributed by atoms with Gasteiger partial charge in [-0.25, -0.2) is 0 Å². The molecule has 1 saturated carbocycles. The van der Waals surface area contributed by atoms with Crippen LogP contribution in [0.5, 0.6) is 0 Å². The highest BCUT2D eigenvalue weighted by Crippen LogP contribution is 2.37. The van der Waals surface area contributed by atoms with Crippen LogP contribution in [0.1, 0.15) is 39.0 Å². The van der Waals surface area contributed by atoms with Crippen molar-refractivity contribution in [2.24, 2.45) is 5.92 Å². The second-order valence-electron chi connectivity index (χ2n) is 5.70. The molecule has 3 rings (SSSR count). The molecule has 2 saturated heterocycles. The lowest BCUT2D eigenvalue weighted by atomic mass is 9.89. The molecule has 0 amide bonds. The van der Waals surface area contributed by atoms with E-state index in [0.717, 1.165) is 44.6 Å². The minimum absolute atomic E-state index is 0.0620. The minimum Gasteiger partial charge on any atom is -0.378 e. The maximum absolute atomic E-state index is 5.95. The van der Waals surface area contributed by atoms with Crippen LogP contribution in [0.2, 0.25) is 0 Å². The van der Waals surface area contributed by atoms with Crippen molar-refractivity contribution < 1.29 is 9.47 Å². The first-order chi connectivity index (χ1) is 7.81. The molecule has 1 N–H and O–H groups in total. The van der Waals surface area contributed by atoms with Gasteiger partial charge in [-0.05, 0) is 25.2 Å². The van der Waals surface area contributed by atoms with E-state index in [-0.39, 0.29) is 5.60 Å². The van der Waals surface area contributed by atoms with Crippen LogP contribution >= 0.6 is 0 Å². The number of nitrogens with one attached hydrogen (secondary N) is 1. The highest BCUT2D eigenvalue weighted by molar-refractivity contribution is 4.98. The van der Waals surface area contributed by atoms with Crippen LogP contribution in [0.15, 0.2) is 0 Å². The zero-order valence-corrected chi connectivity index (χ0v) is 10.2. The molecule has 0 aromatic carbocycles. The third-order valence-corrected chi connectivity index (χ3v) is 4.46. The summed E-state index contributed by atoms with van der Waals surface area (Å²) in [5.74, 6) is 0.943. The number of rotatable bonds is 3. The third-order valence-electron chi connectivity index (χ3n) is 4.46. The molecule has 2 heterocycles. The van der Waals surface area contributed by atoms with E-state index in [2.05, 4.69) is 12.2 Å². The van der Waals surface area contributed by atoms with Crippen LogP contribution < -0.4 is 5.32 Å². The average molecular weight is 225 g/mol. The van der Waals surface area contributed by atoms with Gasteiger partial charge in [-0.3, -0.25) is 0 Å². The summed E-state index contributed by atoms with van der Waals surface area (Å²) in [6.07, 6.45) is 6.13. The van der Waals surface area contributed by atoms with Crippen molar-refractivity contribution in [1.29, 1.82) is 0 Å². The Hall–Kier alpha value is -0.120. The Kier molecular flexibility index (Phi) is 2.94. The van der Waals surface area contributed by atoms with Crippen molar-refractivity contribution in [3.8, 4) is 0 Å². The first-order valence-electron chi connectivity index (χ1n) is 6.79. The lowest BCUT2D eigenvalue weighted by Crippen LogP contribution is -2.48. The van der Waals surface area contributed by atoms with Crippen LogP contribution in [0.25, 0.3) is 0 Å². The van der Waals surface area contributed by atoms with Gasteiger partial charge < -0.3 is 14.8 Å². The zero-order valence-electron chi connectivity index (χ0n) is 10.2. The van der Waals surface area contributed by atoms with Gasteiger partial charge in [0.05, 0.1) is 12.2 Å². The smallest absolute Gasteiger partial charge is 0.0951 e. The van der Waals surface area contributed by atoms with Crippen molar-refractivity contribution >= 4 is 0 Å². The van der Waals surface area contributed by atoms with E-state index in [4.69, 9.17) is 9.47 Å². The van der Waals surface area contributed by atoms with Gasteiger partial charge in [-0.1, -0.05) is 13.3 Å². The summed E-state index contributed by atoms with van der Waals surface area (Å²) in [7, 11) is 0. The first-order valence-corrected chi connectivity index (χ1v) is 6.79. The van der Waals surface area contributed by atoms with Gasteiger partial charge >= 0.3 is 0 Å². The van der Waals surface area contributed by atoms with E-state index >= 15 is 0 Å². The topological polar surface area (TPSA) is 30.5 Å². The number of hydrogen-bond donors (Lipinski definition) is 1. The summed E-state index contributed by atoms with van der Waals surface area (Å²) < 4.78 is 11.4. The van der Waals surface area contributed by atoms with Crippen LogP contribution in [0.4, 0.5) is 0 Å². The lowest BCUT2D eigenvalue weighted by Gasteiger charge is -2.37. The number of hydrogen-bond acceptors (Lipinski definition) is 3. The van der Waals surface area contributed by atoms with E-state index in [1.165, 1.54) is 19.3 Å². The summed E-state index contributed by atoms with van der Waals surface area (Å²) in [4.78, 5) is 0. The first kappa shape index (κ1) is 11.0. The Labute approximate surface area is 97.9 Å². The molecular weight excluding hydrogens is 202 g/mol. The fourth-order valence-corrected chi connectivity index (χ4v) is 3.24. The molecule has 3 fully saturated rings. The Balaban J connectivity index is 1.52. The summed E-state index contributed by atoms with van der Waals surface area (Å²) >= 11 is 0. The van der Waals surface area contributed by atoms with Crippen molar-refractivity contribution in [2.75, 3.05) is 19.8 Å². The molecule has 0 bridgehead atoms. The summed E-state index contributed by atoms with van der Waals surface area (Å²) in [6, 6.07) is 1.46. The van der Waals surface area contributed by atoms with Crippen LogP contribution in [0, 0.1) is 5.92 Å². The summed E-state index contributed by atoms with van der Waals surface area (Å²) in [6.45, 7) is 4.90. The maximum Gasteiger partial charge on any atom is 0.0951 e. The zero-order chi connectivity index (χ0) is 11.0. The second-order valence-corrected chi connectivity index (χ2v) is 5.70. The van der Waals surface area contributed by atoms with Crippen molar-refractivity contribution in [1.82, 2.24) is 5.32 Å². The van der Waals surface area contributed by atoms with Gasteiger partial charge in [0, 0.05) is 31.7 Å². The highest BCUT2D eigenvalue weighted by Gasteiger charge is 2.43. The van der Waals surface area contributed by atoms with Crippen LogP contribution in [-0.4, -0.2) is 37.5 Å². The third kappa shape index (κ3) is 2.13. The Morgan fingerprint density at radius 3 is 3.00 bits per heavy atom. The summed E-state index contributed by atoms with van der Waals surface area (Å²) in [5, 5.41) is 3.81. The van der Waals surface area contributed by atoms with E-state index in [1.54, 1.807) is 0 Å². The summed E-state index contributed by atoms with van der Waals surface area (Å²) in [5.41, 5.74) is 0.0620. The van der Waals surface area contributed by atoms with Crippen molar-refractivity contribution in [2.45, 2.75) is 56.7 Å². The maximum atomic E-state index is 5.95. The van der Waals surface area contributed by atoms with Gasteiger partial charge in [0.2, 0.25) is 0 Å². The van der Waals surface area contributed by atoms with E-state index in [9.17, 15) is 0 Å². The highest BCUT2D eigenvalue weighted by atomic mass is 16.6. The molecule has 1 spiro atoms. The molecule has 0 radical (unpaired) electrons. The fraction of sp³-hybridized carbons (Fsp3) is 1.00. The van der Waals surface area contributed by atoms with Gasteiger partial charge in [-0.2, -0.15) is 0 Å². The predicted octanol–water partition coefficient (Wildman–Crippen LogP) is 1.71. The molecule has 16 heavy (non-hydrogen) atoms. The van der Waals surface area contributed by atoms with Crippen molar-refractivity contribution in [3.63, 3.8) is 0 Å². The molecule has 4 atom stereocenters. The van der Waals surface area contributed by atoms with Gasteiger partial charge in [0.1, 0.15) is 0 Å².